The van der Waals surface area contributed by atoms with E-state index >= 15 is 0 Å². The van der Waals surface area contributed by atoms with Crippen LogP contribution in [0.4, 0.5) is 0 Å². The van der Waals surface area contributed by atoms with Gasteiger partial charge in [0, 0.05) is 6.42 Å². The van der Waals surface area contributed by atoms with E-state index in [-0.39, 0.29) is 5.78 Å². The Bertz CT molecular complexity index is 144. The first-order valence-corrected chi connectivity index (χ1v) is 3.30. The number of aliphatic hydroxyl groups is 1. The van der Waals surface area contributed by atoms with Gasteiger partial charge in [-0.05, 0) is 19.8 Å². The van der Waals surface area contributed by atoms with E-state index in [2.05, 4.69) is 5.92 Å². The maximum absolute atomic E-state index is 10.4. The van der Waals surface area contributed by atoms with E-state index in [9.17, 15) is 4.79 Å². The molecule has 1 unspecified atom stereocenters. The number of hydrogen-bond acceptors (Lipinski definition) is 2. The first-order chi connectivity index (χ1) is 4.66. The van der Waals surface area contributed by atoms with Crippen molar-refractivity contribution in [3.8, 4) is 12.3 Å². The van der Waals surface area contributed by atoms with Crippen molar-refractivity contribution in [3.63, 3.8) is 0 Å². The normalized spacial score (nSPS) is 12.1. The number of carbonyl (C=O) groups is 1. The first kappa shape index (κ1) is 9.19. The van der Waals surface area contributed by atoms with Crippen molar-refractivity contribution in [1.82, 2.24) is 0 Å². The topological polar surface area (TPSA) is 37.3 Å². The van der Waals surface area contributed by atoms with Crippen LogP contribution in [0, 0.1) is 12.3 Å². The largest absolute Gasteiger partial charge is 0.380 e. The summed E-state index contributed by atoms with van der Waals surface area (Å²) in [5, 5.41) is 8.82. The zero-order valence-corrected chi connectivity index (χ0v) is 6.13. The minimum absolute atomic E-state index is 0.143. The lowest BCUT2D eigenvalue weighted by molar-refractivity contribution is -0.117. The Morgan fingerprint density at radius 1 is 1.80 bits per heavy atom. The number of rotatable bonds is 4. The standard InChI is InChI=1S/C8H12O2/c1-3-8(10)6-4-5-7(2)9/h1,8,10H,4-6H2,2H3. The van der Waals surface area contributed by atoms with Gasteiger partial charge < -0.3 is 9.90 Å². The fourth-order valence-electron chi connectivity index (χ4n) is 0.628. The molecule has 0 fully saturated rings. The van der Waals surface area contributed by atoms with Crippen LogP contribution in [-0.4, -0.2) is 17.0 Å². The number of Topliss-reactive ketones (excluding diaryl/α,β-unsaturated/α-hetero) is 1. The quantitative estimate of drug-likeness (QED) is 0.585. The minimum atomic E-state index is -0.681. The van der Waals surface area contributed by atoms with Crippen LogP contribution in [0.1, 0.15) is 26.2 Å². The van der Waals surface area contributed by atoms with Gasteiger partial charge in [0.2, 0.25) is 0 Å². The Morgan fingerprint density at radius 3 is 2.80 bits per heavy atom. The second-order valence-electron chi connectivity index (χ2n) is 2.28. The van der Waals surface area contributed by atoms with E-state index in [1.165, 1.54) is 6.92 Å². The lowest BCUT2D eigenvalue weighted by atomic mass is 10.1. The second-order valence-corrected chi connectivity index (χ2v) is 2.28. The average molecular weight is 140 g/mol. The summed E-state index contributed by atoms with van der Waals surface area (Å²) in [7, 11) is 0. The summed E-state index contributed by atoms with van der Waals surface area (Å²) >= 11 is 0. The van der Waals surface area contributed by atoms with Gasteiger partial charge in [0.25, 0.3) is 0 Å². The highest BCUT2D eigenvalue weighted by molar-refractivity contribution is 5.75. The summed E-state index contributed by atoms with van der Waals surface area (Å²) in [5.41, 5.74) is 0. The van der Waals surface area contributed by atoms with Gasteiger partial charge in [0.05, 0.1) is 0 Å². The predicted molar refractivity (Wildman–Crippen MR) is 39.4 cm³/mol. The molecule has 0 rings (SSSR count). The van der Waals surface area contributed by atoms with E-state index in [0.29, 0.717) is 19.3 Å². The second kappa shape index (κ2) is 5.01. The number of terminal acetylenes is 1. The van der Waals surface area contributed by atoms with Gasteiger partial charge in [-0.25, -0.2) is 0 Å². The van der Waals surface area contributed by atoms with Crippen LogP contribution >= 0.6 is 0 Å². The molecule has 0 saturated carbocycles. The molecule has 0 saturated heterocycles. The predicted octanol–water partition coefficient (Wildman–Crippen LogP) is 0.740. The average Bonchev–Trinajstić information content (AvgIpc) is 1.87. The summed E-state index contributed by atoms with van der Waals surface area (Å²) in [6, 6.07) is 0. The molecule has 1 atom stereocenters. The van der Waals surface area contributed by atoms with Crippen LogP contribution < -0.4 is 0 Å². The highest BCUT2D eigenvalue weighted by Gasteiger charge is 1.99. The highest BCUT2D eigenvalue weighted by Crippen LogP contribution is 1.99. The van der Waals surface area contributed by atoms with Crippen LogP contribution in [0.5, 0.6) is 0 Å². The van der Waals surface area contributed by atoms with E-state index in [1.807, 2.05) is 0 Å². The summed E-state index contributed by atoms with van der Waals surface area (Å²) in [4.78, 5) is 10.4. The number of aliphatic hydroxyl groups excluding tert-OH is 1. The molecule has 56 valence electrons. The summed E-state index contributed by atoms with van der Waals surface area (Å²) < 4.78 is 0. The molecule has 0 aromatic heterocycles. The van der Waals surface area contributed by atoms with E-state index in [4.69, 9.17) is 11.5 Å². The Kier molecular flexibility index (Phi) is 4.61. The molecule has 0 amide bonds. The Labute approximate surface area is 61.2 Å². The van der Waals surface area contributed by atoms with Crippen LogP contribution in [0.3, 0.4) is 0 Å². The van der Waals surface area contributed by atoms with Gasteiger partial charge in [0.15, 0.2) is 0 Å². The van der Waals surface area contributed by atoms with E-state index in [1.54, 1.807) is 0 Å². The Morgan fingerprint density at radius 2 is 2.40 bits per heavy atom. The molecule has 0 heterocycles. The zero-order chi connectivity index (χ0) is 7.98. The fraction of sp³-hybridized carbons (Fsp3) is 0.625. The molecule has 0 bridgehead atoms. The van der Waals surface area contributed by atoms with E-state index < -0.39 is 6.10 Å². The van der Waals surface area contributed by atoms with Gasteiger partial charge in [-0.1, -0.05) is 5.92 Å². The Hall–Kier alpha value is -0.810. The number of ketones is 1. The minimum Gasteiger partial charge on any atom is -0.380 e. The van der Waals surface area contributed by atoms with Gasteiger partial charge in [-0.2, -0.15) is 0 Å². The maximum atomic E-state index is 10.4. The smallest absolute Gasteiger partial charge is 0.129 e. The first-order valence-electron chi connectivity index (χ1n) is 3.30. The molecule has 0 spiro atoms. The molecule has 2 nitrogen and oxygen atoms in total. The van der Waals surface area contributed by atoms with Crippen molar-refractivity contribution in [2.45, 2.75) is 32.3 Å². The molecule has 0 aromatic carbocycles. The lowest BCUT2D eigenvalue weighted by Gasteiger charge is -1.99. The molecule has 0 aliphatic rings. The molecule has 0 aliphatic carbocycles. The third-order valence-electron chi connectivity index (χ3n) is 1.20. The van der Waals surface area contributed by atoms with Gasteiger partial charge in [0.1, 0.15) is 11.9 Å². The van der Waals surface area contributed by atoms with Crippen molar-refractivity contribution in [2.75, 3.05) is 0 Å². The van der Waals surface area contributed by atoms with Crippen LogP contribution in [0.25, 0.3) is 0 Å². The van der Waals surface area contributed by atoms with Gasteiger partial charge in [-0.3, -0.25) is 0 Å². The van der Waals surface area contributed by atoms with Crippen LogP contribution in [0.2, 0.25) is 0 Å². The van der Waals surface area contributed by atoms with Crippen molar-refractivity contribution in [2.24, 2.45) is 0 Å². The fourth-order valence-corrected chi connectivity index (χ4v) is 0.628. The summed E-state index contributed by atoms with van der Waals surface area (Å²) in [5.74, 6) is 2.33. The number of hydrogen-bond donors (Lipinski definition) is 1. The van der Waals surface area contributed by atoms with Crippen molar-refractivity contribution in [3.05, 3.63) is 0 Å². The zero-order valence-electron chi connectivity index (χ0n) is 6.13. The molecule has 0 aromatic rings. The highest BCUT2D eigenvalue weighted by atomic mass is 16.3. The summed E-state index contributed by atoms with van der Waals surface area (Å²) in [6.45, 7) is 1.53. The Balaban J connectivity index is 3.22. The van der Waals surface area contributed by atoms with Crippen molar-refractivity contribution in [1.29, 1.82) is 0 Å². The number of carbonyl (C=O) groups excluding carboxylic acids is 1. The molecule has 10 heavy (non-hydrogen) atoms. The van der Waals surface area contributed by atoms with Gasteiger partial charge in [-0.15, -0.1) is 6.42 Å². The third kappa shape index (κ3) is 5.33. The molecule has 0 radical (unpaired) electrons. The lowest BCUT2D eigenvalue weighted by Crippen LogP contribution is -2.02. The SMILES string of the molecule is C#CC(O)CCCC(C)=O. The van der Waals surface area contributed by atoms with Crippen molar-refractivity contribution >= 4 is 5.78 Å². The molecule has 0 aliphatic heterocycles. The molecular formula is C8H12O2. The van der Waals surface area contributed by atoms with Gasteiger partial charge >= 0.3 is 0 Å². The van der Waals surface area contributed by atoms with Crippen LogP contribution in [-0.2, 0) is 4.79 Å². The molecular weight excluding hydrogens is 128 g/mol. The van der Waals surface area contributed by atoms with Crippen molar-refractivity contribution < 1.29 is 9.90 Å². The summed E-state index contributed by atoms with van der Waals surface area (Å²) in [6.07, 6.45) is 5.94. The monoisotopic (exact) mass is 140 g/mol. The molecule has 2 heteroatoms. The molecule has 1 N–H and O–H groups in total. The third-order valence-corrected chi connectivity index (χ3v) is 1.20. The van der Waals surface area contributed by atoms with Crippen LogP contribution in [0.15, 0.2) is 0 Å². The maximum Gasteiger partial charge on any atom is 0.129 e. The van der Waals surface area contributed by atoms with E-state index in [0.717, 1.165) is 0 Å².